The number of carbonyl (C=O) groups excluding carboxylic acids is 1. The van der Waals surface area contributed by atoms with Crippen LogP contribution in [-0.2, 0) is 10.2 Å². The number of nitrogens with one attached hydrogen (secondary N) is 1. The predicted octanol–water partition coefficient (Wildman–Crippen LogP) is 2.35. The molecule has 1 aliphatic rings. The zero-order valence-corrected chi connectivity index (χ0v) is 12.4. The van der Waals surface area contributed by atoms with E-state index in [1.54, 1.807) is 12.1 Å². The van der Waals surface area contributed by atoms with E-state index in [1.807, 2.05) is 20.8 Å². The van der Waals surface area contributed by atoms with Crippen molar-refractivity contribution in [2.75, 3.05) is 6.54 Å². The summed E-state index contributed by atoms with van der Waals surface area (Å²) in [4.78, 5) is 12.1. The average molecular weight is 278 g/mol. The zero-order chi connectivity index (χ0) is 15.0. The lowest BCUT2D eigenvalue weighted by Gasteiger charge is -2.27. The van der Waals surface area contributed by atoms with Crippen molar-refractivity contribution in [3.63, 3.8) is 0 Å². The highest BCUT2D eigenvalue weighted by molar-refractivity contribution is 5.82. The molecule has 1 atom stereocenters. The third-order valence-electron chi connectivity index (χ3n) is 4.13. The van der Waals surface area contributed by atoms with E-state index in [2.05, 4.69) is 5.32 Å². The molecule has 3 N–H and O–H groups in total. The van der Waals surface area contributed by atoms with E-state index in [0.717, 1.165) is 18.4 Å². The number of hydrogen-bond donors (Lipinski definition) is 2. The number of halogens is 1. The van der Waals surface area contributed by atoms with Gasteiger partial charge in [0.05, 0.1) is 6.04 Å². The van der Waals surface area contributed by atoms with Crippen LogP contribution in [0.2, 0.25) is 0 Å². The maximum Gasteiger partial charge on any atom is 0.237 e. The van der Waals surface area contributed by atoms with Gasteiger partial charge in [-0.25, -0.2) is 4.39 Å². The molecular formula is C16H23FN2O. The molecule has 3 nitrogen and oxygen atoms in total. The summed E-state index contributed by atoms with van der Waals surface area (Å²) in [6, 6.07) is 6.03. The fourth-order valence-electron chi connectivity index (χ4n) is 2.28. The molecule has 1 aromatic carbocycles. The highest BCUT2D eigenvalue weighted by Crippen LogP contribution is 2.47. The van der Waals surface area contributed by atoms with Crippen molar-refractivity contribution >= 4 is 5.91 Å². The second kappa shape index (κ2) is 5.17. The smallest absolute Gasteiger partial charge is 0.237 e. The van der Waals surface area contributed by atoms with Gasteiger partial charge in [-0.2, -0.15) is 0 Å². The van der Waals surface area contributed by atoms with E-state index in [9.17, 15) is 9.18 Å². The van der Waals surface area contributed by atoms with E-state index in [-0.39, 0.29) is 22.6 Å². The van der Waals surface area contributed by atoms with Crippen LogP contribution >= 0.6 is 0 Å². The van der Waals surface area contributed by atoms with Crippen molar-refractivity contribution in [1.29, 1.82) is 0 Å². The third-order valence-corrected chi connectivity index (χ3v) is 4.13. The number of carbonyl (C=O) groups is 1. The van der Waals surface area contributed by atoms with Crippen molar-refractivity contribution < 1.29 is 9.18 Å². The van der Waals surface area contributed by atoms with Crippen LogP contribution in [0.15, 0.2) is 24.3 Å². The summed E-state index contributed by atoms with van der Waals surface area (Å²) in [5.41, 5.74) is 6.75. The molecule has 0 bridgehead atoms. The number of amides is 1. The monoisotopic (exact) mass is 278 g/mol. The Balaban J connectivity index is 1.97. The predicted molar refractivity (Wildman–Crippen MR) is 77.8 cm³/mol. The first kappa shape index (κ1) is 15.0. The molecule has 110 valence electrons. The van der Waals surface area contributed by atoms with Crippen molar-refractivity contribution in [3.05, 3.63) is 35.6 Å². The van der Waals surface area contributed by atoms with Crippen LogP contribution in [0.25, 0.3) is 0 Å². The summed E-state index contributed by atoms with van der Waals surface area (Å²) in [6.45, 7) is 6.42. The summed E-state index contributed by atoms with van der Waals surface area (Å²) >= 11 is 0. The SMILES string of the molecule is CC(C)(C)[C@H](N)C(=O)NCC1(c2ccc(F)cc2)CC1. The second-order valence-corrected chi connectivity index (χ2v) is 6.85. The molecule has 0 heterocycles. The fourth-order valence-corrected chi connectivity index (χ4v) is 2.28. The van der Waals surface area contributed by atoms with Crippen LogP contribution in [-0.4, -0.2) is 18.5 Å². The third kappa shape index (κ3) is 3.18. The van der Waals surface area contributed by atoms with Crippen molar-refractivity contribution in [1.82, 2.24) is 5.32 Å². The lowest BCUT2D eigenvalue weighted by Crippen LogP contribution is -2.50. The molecule has 20 heavy (non-hydrogen) atoms. The molecule has 0 unspecified atom stereocenters. The lowest BCUT2D eigenvalue weighted by molar-refractivity contribution is -0.124. The molecule has 0 radical (unpaired) electrons. The Kier molecular flexibility index (Phi) is 3.87. The Morgan fingerprint density at radius 1 is 1.35 bits per heavy atom. The van der Waals surface area contributed by atoms with Gasteiger partial charge in [-0.05, 0) is 36.0 Å². The van der Waals surface area contributed by atoms with E-state index in [1.165, 1.54) is 12.1 Å². The minimum absolute atomic E-state index is 0.0268. The maximum atomic E-state index is 13.0. The van der Waals surface area contributed by atoms with Gasteiger partial charge in [0.1, 0.15) is 5.82 Å². The van der Waals surface area contributed by atoms with Gasteiger partial charge < -0.3 is 11.1 Å². The summed E-state index contributed by atoms with van der Waals surface area (Å²) in [6.07, 6.45) is 2.04. The minimum atomic E-state index is -0.522. The molecule has 1 amide bonds. The van der Waals surface area contributed by atoms with Crippen molar-refractivity contribution in [2.45, 2.75) is 45.1 Å². The van der Waals surface area contributed by atoms with Gasteiger partial charge in [-0.15, -0.1) is 0 Å². The first-order chi connectivity index (χ1) is 9.24. The van der Waals surface area contributed by atoms with E-state index in [4.69, 9.17) is 5.73 Å². The van der Waals surface area contributed by atoms with E-state index in [0.29, 0.717) is 6.54 Å². The topological polar surface area (TPSA) is 55.1 Å². The first-order valence-electron chi connectivity index (χ1n) is 7.04. The highest BCUT2D eigenvalue weighted by Gasteiger charge is 2.44. The van der Waals surface area contributed by atoms with Crippen LogP contribution in [0.5, 0.6) is 0 Å². The van der Waals surface area contributed by atoms with Gasteiger partial charge >= 0.3 is 0 Å². The molecule has 0 aromatic heterocycles. The largest absolute Gasteiger partial charge is 0.354 e. The van der Waals surface area contributed by atoms with Gasteiger partial charge in [-0.3, -0.25) is 4.79 Å². The average Bonchev–Trinajstić information content (AvgIpc) is 3.16. The molecule has 2 rings (SSSR count). The Labute approximate surface area is 119 Å². The van der Waals surface area contributed by atoms with Gasteiger partial charge in [0.25, 0.3) is 0 Å². The molecule has 0 aliphatic heterocycles. The Hall–Kier alpha value is -1.42. The fraction of sp³-hybridized carbons (Fsp3) is 0.562. The Bertz CT molecular complexity index is 486. The zero-order valence-electron chi connectivity index (χ0n) is 12.4. The molecular weight excluding hydrogens is 255 g/mol. The Morgan fingerprint density at radius 2 is 1.90 bits per heavy atom. The van der Waals surface area contributed by atoms with Crippen LogP contribution in [0.1, 0.15) is 39.2 Å². The van der Waals surface area contributed by atoms with Crippen LogP contribution in [0.3, 0.4) is 0 Å². The van der Waals surface area contributed by atoms with Crippen molar-refractivity contribution in [2.24, 2.45) is 11.1 Å². The number of nitrogens with two attached hydrogens (primary N) is 1. The standard InChI is InChI=1S/C16H23FN2O/c1-15(2,3)13(18)14(20)19-10-16(8-9-16)11-4-6-12(17)7-5-11/h4-7,13H,8-10,18H2,1-3H3,(H,19,20)/t13-/m1/s1. The van der Waals surface area contributed by atoms with E-state index < -0.39 is 6.04 Å². The summed E-state index contributed by atoms with van der Waals surface area (Å²) in [5.74, 6) is -0.353. The van der Waals surface area contributed by atoms with Gasteiger partial charge in [-0.1, -0.05) is 32.9 Å². The van der Waals surface area contributed by atoms with Gasteiger partial charge in [0, 0.05) is 12.0 Å². The lowest BCUT2D eigenvalue weighted by atomic mass is 9.86. The quantitative estimate of drug-likeness (QED) is 0.888. The Morgan fingerprint density at radius 3 is 2.35 bits per heavy atom. The number of hydrogen-bond acceptors (Lipinski definition) is 2. The van der Waals surface area contributed by atoms with Crippen LogP contribution < -0.4 is 11.1 Å². The summed E-state index contributed by atoms with van der Waals surface area (Å²) < 4.78 is 13.0. The second-order valence-electron chi connectivity index (χ2n) is 6.85. The molecule has 1 aliphatic carbocycles. The molecule has 1 fully saturated rings. The summed E-state index contributed by atoms with van der Waals surface area (Å²) in [7, 11) is 0. The van der Waals surface area contributed by atoms with Gasteiger partial charge in [0.2, 0.25) is 5.91 Å². The molecule has 1 saturated carbocycles. The highest BCUT2D eigenvalue weighted by atomic mass is 19.1. The molecule has 4 heteroatoms. The van der Waals surface area contributed by atoms with Crippen LogP contribution in [0, 0.1) is 11.2 Å². The molecule has 0 spiro atoms. The van der Waals surface area contributed by atoms with Gasteiger partial charge in [0.15, 0.2) is 0 Å². The number of benzene rings is 1. The van der Waals surface area contributed by atoms with Crippen LogP contribution in [0.4, 0.5) is 4.39 Å². The minimum Gasteiger partial charge on any atom is -0.354 e. The van der Waals surface area contributed by atoms with E-state index >= 15 is 0 Å². The maximum absolute atomic E-state index is 13.0. The molecule has 1 aromatic rings. The number of rotatable bonds is 4. The first-order valence-corrected chi connectivity index (χ1v) is 7.04. The molecule has 0 saturated heterocycles. The normalized spacial score (nSPS) is 18.4. The summed E-state index contributed by atoms with van der Waals surface area (Å²) in [5, 5.41) is 2.95. The van der Waals surface area contributed by atoms with Crippen molar-refractivity contribution in [3.8, 4) is 0 Å².